The van der Waals surface area contributed by atoms with Crippen LogP contribution in [0.4, 0.5) is 0 Å². The third kappa shape index (κ3) is 6.75. The lowest BCUT2D eigenvalue weighted by atomic mass is 10.1. The maximum atomic E-state index is 12.3. The van der Waals surface area contributed by atoms with E-state index >= 15 is 0 Å². The zero-order chi connectivity index (χ0) is 17.2. The molecule has 2 fully saturated rings. The number of hydrogen-bond acceptors (Lipinski definition) is 5. The molecule has 7 heteroatoms. The van der Waals surface area contributed by atoms with E-state index in [1.54, 1.807) is 7.11 Å². The van der Waals surface area contributed by atoms with Gasteiger partial charge in [-0.1, -0.05) is 0 Å². The maximum Gasteiger partial charge on any atom is 0.236 e. The number of hydrogen-bond donors (Lipinski definition) is 1. The Bertz CT molecular complexity index is 391. The smallest absolute Gasteiger partial charge is 0.236 e. The molecule has 0 unspecified atom stereocenters. The Morgan fingerprint density at radius 1 is 0.917 bits per heavy atom. The molecule has 0 bridgehead atoms. The lowest BCUT2D eigenvalue weighted by Crippen LogP contribution is -2.52. The van der Waals surface area contributed by atoms with Crippen molar-refractivity contribution < 1.29 is 14.3 Å². The molecule has 2 amide bonds. The van der Waals surface area contributed by atoms with Gasteiger partial charge in [-0.2, -0.15) is 0 Å². The van der Waals surface area contributed by atoms with Crippen molar-refractivity contribution in [2.75, 3.05) is 72.6 Å². The predicted molar refractivity (Wildman–Crippen MR) is 92.8 cm³/mol. The highest BCUT2D eigenvalue weighted by Gasteiger charge is 2.23. The van der Waals surface area contributed by atoms with Gasteiger partial charge in [-0.3, -0.25) is 19.4 Å². The standard InChI is InChI=1S/C17H32N4O3/c1-24-13-5-6-18-16(22)14-19-9-11-20(12-10-19)15-17(23)21-7-3-2-4-8-21/h2-15H2,1H3,(H,18,22). The minimum atomic E-state index is 0.0731. The molecule has 0 aliphatic carbocycles. The minimum Gasteiger partial charge on any atom is -0.385 e. The number of methoxy groups -OCH3 is 1. The van der Waals surface area contributed by atoms with Crippen molar-refractivity contribution in [1.29, 1.82) is 0 Å². The zero-order valence-corrected chi connectivity index (χ0v) is 15.0. The number of piperidine rings is 1. The van der Waals surface area contributed by atoms with Gasteiger partial charge in [0.25, 0.3) is 0 Å². The van der Waals surface area contributed by atoms with Gasteiger partial charge in [0.05, 0.1) is 13.1 Å². The van der Waals surface area contributed by atoms with E-state index in [1.165, 1.54) is 6.42 Å². The van der Waals surface area contributed by atoms with Gasteiger partial charge in [-0.25, -0.2) is 0 Å². The number of rotatable bonds is 8. The van der Waals surface area contributed by atoms with E-state index in [-0.39, 0.29) is 11.8 Å². The fourth-order valence-electron chi connectivity index (χ4n) is 3.24. The summed E-state index contributed by atoms with van der Waals surface area (Å²) in [6.07, 6.45) is 4.36. The van der Waals surface area contributed by atoms with Crippen molar-refractivity contribution in [2.24, 2.45) is 0 Å². The Kier molecular flexibility index (Phi) is 8.49. The van der Waals surface area contributed by atoms with Crippen LogP contribution in [0.3, 0.4) is 0 Å². The summed E-state index contributed by atoms with van der Waals surface area (Å²) in [6, 6.07) is 0. The number of nitrogens with zero attached hydrogens (tertiary/aromatic N) is 3. The van der Waals surface area contributed by atoms with E-state index in [0.29, 0.717) is 26.2 Å². The first-order chi connectivity index (χ1) is 11.7. The second kappa shape index (κ2) is 10.6. The summed E-state index contributed by atoms with van der Waals surface area (Å²) in [4.78, 5) is 30.5. The number of nitrogens with one attached hydrogen (secondary N) is 1. The van der Waals surface area contributed by atoms with Crippen LogP contribution in [-0.4, -0.2) is 99.1 Å². The number of amides is 2. The van der Waals surface area contributed by atoms with Gasteiger partial charge in [0.15, 0.2) is 0 Å². The molecule has 2 heterocycles. The SMILES string of the molecule is COCCCNC(=O)CN1CCN(CC(=O)N2CCCCC2)CC1. The van der Waals surface area contributed by atoms with E-state index in [1.807, 2.05) is 4.90 Å². The topological polar surface area (TPSA) is 65.1 Å². The van der Waals surface area contributed by atoms with Crippen LogP contribution in [0, 0.1) is 0 Å². The third-order valence-corrected chi connectivity index (χ3v) is 4.75. The quantitative estimate of drug-likeness (QED) is 0.619. The molecule has 0 atom stereocenters. The third-order valence-electron chi connectivity index (χ3n) is 4.75. The number of ether oxygens (including phenoxy) is 1. The number of piperazine rings is 1. The minimum absolute atomic E-state index is 0.0731. The van der Waals surface area contributed by atoms with Crippen LogP contribution in [0.2, 0.25) is 0 Å². The second-order valence-corrected chi connectivity index (χ2v) is 6.69. The largest absolute Gasteiger partial charge is 0.385 e. The molecule has 1 N–H and O–H groups in total. The van der Waals surface area contributed by atoms with E-state index in [2.05, 4.69) is 15.1 Å². The lowest BCUT2D eigenvalue weighted by molar-refractivity contribution is -0.134. The Hall–Kier alpha value is -1.18. The van der Waals surface area contributed by atoms with E-state index < -0.39 is 0 Å². The van der Waals surface area contributed by atoms with Crippen molar-refractivity contribution in [1.82, 2.24) is 20.0 Å². The maximum absolute atomic E-state index is 12.3. The number of likely N-dealkylation sites (tertiary alicyclic amines) is 1. The molecule has 2 aliphatic rings. The number of carbonyl (C=O) groups excluding carboxylic acids is 2. The molecule has 0 radical (unpaired) electrons. The van der Waals surface area contributed by atoms with Crippen LogP contribution in [0.25, 0.3) is 0 Å². The summed E-state index contributed by atoms with van der Waals surface area (Å²) in [5.74, 6) is 0.336. The first kappa shape index (κ1) is 19.1. The van der Waals surface area contributed by atoms with Crippen molar-refractivity contribution in [3.05, 3.63) is 0 Å². The average Bonchev–Trinajstić information content (AvgIpc) is 2.61. The molecule has 0 spiro atoms. The van der Waals surface area contributed by atoms with Crippen LogP contribution < -0.4 is 5.32 Å². The summed E-state index contributed by atoms with van der Waals surface area (Å²) in [5, 5.41) is 2.92. The highest BCUT2D eigenvalue weighted by atomic mass is 16.5. The van der Waals surface area contributed by atoms with Crippen molar-refractivity contribution in [2.45, 2.75) is 25.7 Å². The molecule has 0 aromatic rings. The molecule has 2 aliphatic heterocycles. The first-order valence-corrected chi connectivity index (χ1v) is 9.17. The summed E-state index contributed by atoms with van der Waals surface area (Å²) >= 11 is 0. The monoisotopic (exact) mass is 340 g/mol. The molecule has 0 aromatic heterocycles. The lowest BCUT2D eigenvalue weighted by Gasteiger charge is -2.35. The average molecular weight is 340 g/mol. The molecule has 0 saturated carbocycles. The van der Waals surface area contributed by atoms with E-state index in [4.69, 9.17) is 4.74 Å². The highest BCUT2D eigenvalue weighted by Crippen LogP contribution is 2.10. The molecular weight excluding hydrogens is 308 g/mol. The molecule has 0 aromatic carbocycles. The Balaban J connectivity index is 1.59. The van der Waals surface area contributed by atoms with Crippen LogP contribution >= 0.6 is 0 Å². The second-order valence-electron chi connectivity index (χ2n) is 6.69. The Morgan fingerprint density at radius 2 is 1.54 bits per heavy atom. The summed E-state index contributed by atoms with van der Waals surface area (Å²) in [6.45, 7) is 7.55. The zero-order valence-electron chi connectivity index (χ0n) is 15.0. The van der Waals surface area contributed by atoms with Gasteiger partial charge in [0.2, 0.25) is 11.8 Å². The Morgan fingerprint density at radius 3 is 2.17 bits per heavy atom. The van der Waals surface area contributed by atoms with Crippen LogP contribution in [-0.2, 0) is 14.3 Å². The molecule has 2 saturated heterocycles. The van der Waals surface area contributed by atoms with Gasteiger partial charge >= 0.3 is 0 Å². The van der Waals surface area contributed by atoms with Gasteiger partial charge in [0.1, 0.15) is 0 Å². The van der Waals surface area contributed by atoms with E-state index in [0.717, 1.165) is 58.5 Å². The van der Waals surface area contributed by atoms with Crippen molar-refractivity contribution in [3.63, 3.8) is 0 Å². The van der Waals surface area contributed by atoms with Gasteiger partial charge < -0.3 is 15.0 Å². The predicted octanol–water partition coefficient (Wildman–Crippen LogP) is -0.231. The summed E-state index contributed by atoms with van der Waals surface area (Å²) in [5.41, 5.74) is 0. The fraction of sp³-hybridized carbons (Fsp3) is 0.882. The van der Waals surface area contributed by atoms with Crippen molar-refractivity contribution in [3.8, 4) is 0 Å². The number of carbonyl (C=O) groups is 2. The van der Waals surface area contributed by atoms with Crippen molar-refractivity contribution >= 4 is 11.8 Å². The fourth-order valence-corrected chi connectivity index (χ4v) is 3.24. The van der Waals surface area contributed by atoms with Crippen LogP contribution in [0.15, 0.2) is 0 Å². The molecule has 138 valence electrons. The van der Waals surface area contributed by atoms with E-state index in [9.17, 15) is 9.59 Å². The van der Waals surface area contributed by atoms with Crippen LogP contribution in [0.5, 0.6) is 0 Å². The van der Waals surface area contributed by atoms with Gasteiger partial charge in [-0.05, 0) is 25.7 Å². The van der Waals surface area contributed by atoms with Crippen LogP contribution in [0.1, 0.15) is 25.7 Å². The molecule has 7 nitrogen and oxygen atoms in total. The molecule has 24 heavy (non-hydrogen) atoms. The summed E-state index contributed by atoms with van der Waals surface area (Å²) in [7, 11) is 1.66. The highest BCUT2D eigenvalue weighted by molar-refractivity contribution is 5.78. The summed E-state index contributed by atoms with van der Waals surface area (Å²) < 4.78 is 4.96. The molecule has 2 rings (SSSR count). The van der Waals surface area contributed by atoms with Gasteiger partial charge in [0, 0.05) is 59.5 Å². The Labute approximate surface area is 145 Å². The first-order valence-electron chi connectivity index (χ1n) is 9.17. The normalized spacial score (nSPS) is 20.1. The molecular formula is C17H32N4O3. The van der Waals surface area contributed by atoms with Gasteiger partial charge in [-0.15, -0.1) is 0 Å².